The van der Waals surface area contributed by atoms with Crippen LogP contribution in [0, 0.1) is 0 Å². The third-order valence-corrected chi connectivity index (χ3v) is 4.18. The van der Waals surface area contributed by atoms with Gasteiger partial charge in [-0.3, -0.25) is 9.59 Å². The quantitative estimate of drug-likeness (QED) is 0.785. The Morgan fingerprint density at radius 3 is 2.00 bits per heavy atom. The van der Waals surface area contributed by atoms with E-state index in [-0.39, 0.29) is 29.8 Å². The molecule has 2 rings (SSSR count). The van der Waals surface area contributed by atoms with Gasteiger partial charge in [-0.15, -0.1) is 0 Å². The predicted octanol–water partition coefficient (Wildman–Crippen LogP) is 3.32. The van der Waals surface area contributed by atoms with Crippen molar-refractivity contribution >= 4 is 23.5 Å². The van der Waals surface area contributed by atoms with Gasteiger partial charge >= 0.3 is 5.97 Å². The average Bonchev–Trinajstić information content (AvgIpc) is 2.60. The van der Waals surface area contributed by atoms with Crippen LogP contribution in [-0.4, -0.2) is 33.8 Å². The lowest BCUT2D eigenvalue weighted by molar-refractivity contribution is -0.131. The molecule has 0 saturated heterocycles. The second-order valence-corrected chi connectivity index (χ2v) is 6.66. The molecule has 0 radical (unpaired) electrons. The van der Waals surface area contributed by atoms with Gasteiger partial charge in [-0.1, -0.05) is 24.3 Å². The van der Waals surface area contributed by atoms with Crippen LogP contribution in [0.25, 0.3) is 0 Å². The molecule has 0 atom stereocenters. The number of rotatable bonds is 7. The molecule has 0 aliphatic heterocycles. The molecule has 0 saturated carbocycles. The zero-order chi connectivity index (χ0) is 20.0. The summed E-state index contributed by atoms with van der Waals surface area (Å²) < 4.78 is 0. The first-order valence-corrected chi connectivity index (χ1v) is 8.74. The van der Waals surface area contributed by atoms with E-state index in [1.807, 2.05) is 26.0 Å². The van der Waals surface area contributed by atoms with E-state index in [1.165, 1.54) is 12.1 Å². The number of anilines is 1. The van der Waals surface area contributed by atoms with Crippen LogP contribution in [0.1, 0.15) is 42.3 Å². The Bertz CT molecular complexity index is 811. The predicted molar refractivity (Wildman–Crippen MR) is 104 cm³/mol. The third-order valence-electron chi connectivity index (χ3n) is 4.18. The second-order valence-electron chi connectivity index (χ2n) is 6.66. The number of nitrogens with zero attached hydrogens (tertiary/aromatic N) is 1. The highest BCUT2D eigenvalue weighted by Crippen LogP contribution is 2.14. The molecule has 2 amide bonds. The van der Waals surface area contributed by atoms with Gasteiger partial charge in [0.15, 0.2) is 0 Å². The van der Waals surface area contributed by atoms with E-state index in [0.29, 0.717) is 12.2 Å². The third kappa shape index (κ3) is 5.95. The van der Waals surface area contributed by atoms with Gasteiger partial charge in [0.1, 0.15) is 0 Å². The highest BCUT2D eigenvalue weighted by atomic mass is 16.4. The minimum Gasteiger partial charge on any atom is -0.478 e. The van der Waals surface area contributed by atoms with Gasteiger partial charge in [-0.2, -0.15) is 0 Å². The normalized spacial score (nSPS) is 10.5. The van der Waals surface area contributed by atoms with Gasteiger partial charge in [-0.25, -0.2) is 4.79 Å². The van der Waals surface area contributed by atoms with Crippen LogP contribution in [0.3, 0.4) is 0 Å². The first-order chi connectivity index (χ1) is 12.8. The van der Waals surface area contributed by atoms with Crippen LogP contribution < -0.4 is 5.32 Å². The summed E-state index contributed by atoms with van der Waals surface area (Å²) in [6.45, 7) is 6.02. The second kappa shape index (κ2) is 8.98. The van der Waals surface area contributed by atoms with Gasteiger partial charge in [-0.05, 0) is 49.2 Å². The topological polar surface area (TPSA) is 86.7 Å². The summed E-state index contributed by atoms with van der Waals surface area (Å²) in [6, 6.07) is 13.7. The van der Waals surface area contributed by atoms with Crippen LogP contribution in [0.2, 0.25) is 0 Å². The molecule has 2 aromatic carbocycles. The Hall–Kier alpha value is -3.15. The maximum atomic E-state index is 12.2. The number of aromatic carboxylic acids is 1. The Morgan fingerprint density at radius 2 is 1.52 bits per heavy atom. The van der Waals surface area contributed by atoms with Gasteiger partial charge in [0, 0.05) is 25.2 Å². The van der Waals surface area contributed by atoms with Crippen molar-refractivity contribution in [3.8, 4) is 0 Å². The van der Waals surface area contributed by atoms with Gasteiger partial charge in [0.05, 0.1) is 12.0 Å². The highest BCUT2D eigenvalue weighted by molar-refractivity contribution is 5.92. The fourth-order valence-electron chi connectivity index (χ4n) is 2.70. The first-order valence-electron chi connectivity index (χ1n) is 8.74. The summed E-state index contributed by atoms with van der Waals surface area (Å²) in [7, 11) is 0. The van der Waals surface area contributed by atoms with Crippen LogP contribution in [0.4, 0.5) is 5.69 Å². The molecule has 0 unspecified atom stereocenters. The van der Waals surface area contributed by atoms with Crippen molar-refractivity contribution in [1.29, 1.82) is 0 Å². The monoisotopic (exact) mass is 368 g/mol. The van der Waals surface area contributed by atoms with E-state index in [0.717, 1.165) is 11.1 Å². The minimum atomic E-state index is -0.994. The number of benzene rings is 2. The Balaban J connectivity index is 1.94. The van der Waals surface area contributed by atoms with Gasteiger partial charge < -0.3 is 15.3 Å². The number of carboxylic acids is 1. The fraction of sp³-hybridized carbons (Fsp3) is 0.286. The molecule has 27 heavy (non-hydrogen) atoms. The molecule has 0 aromatic heterocycles. The zero-order valence-electron chi connectivity index (χ0n) is 15.7. The summed E-state index contributed by atoms with van der Waals surface area (Å²) in [5.41, 5.74) is 2.59. The van der Waals surface area contributed by atoms with Gasteiger partial charge in [0.2, 0.25) is 11.8 Å². The van der Waals surface area contributed by atoms with Gasteiger partial charge in [0.25, 0.3) is 0 Å². The van der Waals surface area contributed by atoms with Crippen molar-refractivity contribution in [2.75, 3.05) is 5.32 Å². The lowest BCUT2D eigenvalue weighted by atomic mass is 10.1. The first kappa shape index (κ1) is 20.2. The summed E-state index contributed by atoms with van der Waals surface area (Å²) in [6.07, 6.45) is 0.160. The number of amides is 2. The van der Waals surface area contributed by atoms with Crippen LogP contribution in [0.5, 0.6) is 0 Å². The largest absolute Gasteiger partial charge is 0.478 e. The zero-order valence-corrected chi connectivity index (χ0v) is 15.7. The van der Waals surface area contributed by atoms with E-state index in [4.69, 9.17) is 5.11 Å². The number of hydrogen-bond acceptors (Lipinski definition) is 3. The molecule has 0 aliphatic carbocycles. The SMILES string of the molecule is CC(=O)N(Cc1ccc(NC(=O)Cc2ccc(C(=O)O)cc2)cc1)C(C)C. The van der Waals surface area contributed by atoms with Crippen molar-refractivity contribution in [2.24, 2.45) is 0 Å². The minimum absolute atomic E-state index is 0.0243. The standard InChI is InChI=1S/C21H24N2O4/c1-14(2)23(15(3)24)13-17-6-10-19(11-7-17)22-20(25)12-16-4-8-18(9-5-16)21(26)27/h4-11,14H,12-13H2,1-3H3,(H,22,25)(H,26,27). The molecule has 0 fully saturated rings. The van der Waals surface area contributed by atoms with Crippen molar-refractivity contribution < 1.29 is 19.5 Å². The number of hydrogen-bond donors (Lipinski definition) is 2. The average molecular weight is 368 g/mol. The highest BCUT2D eigenvalue weighted by Gasteiger charge is 2.13. The molecule has 0 bridgehead atoms. The number of carbonyl (C=O) groups excluding carboxylic acids is 2. The number of nitrogens with one attached hydrogen (secondary N) is 1. The summed E-state index contributed by atoms with van der Waals surface area (Å²) in [5, 5.41) is 11.7. The molecule has 2 aromatic rings. The van der Waals surface area contributed by atoms with E-state index in [9.17, 15) is 14.4 Å². The molecule has 0 spiro atoms. The summed E-state index contributed by atoms with van der Waals surface area (Å²) in [4.78, 5) is 36.4. The summed E-state index contributed by atoms with van der Waals surface area (Å²) >= 11 is 0. The maximum Gasteiger partial charge on any atom is 0.335 e. The van der Waals surface area contributed by atoms with Crippen LogP contribution in [0.15, 0.2) is 48.5 Å². The van der Waals surface area contributed by atoms with Crippen LogP contribution in [-0.2, 0) is 22.6 Å². The molecular formula is C21H24N2O4. The van der Waals surface area contributed by atoms with Crippen molar-refractivity contribution in [3.05, 3.63) is 65.2 Å². The fourth-order valence-corrected chi connectivity index (χ4v) is 2.70. The molecule has 6 nitrogen and oxygen atoms in total. The van der Waals surface area contributed by atoms with Crippen molar-refractivity contribution in [3.63, 3.8) is 0 Å². The molecule has 142 valence electrons. The Kier molecular flexibility index (Phi) is 6.71. The smallest absolute Gasteiger partial charge is 0.335 e. The lowest BCUT2D eigenvalue weighted by Crippen LogP contribution is -2.34. The van der Waals surface area contributed by atoms with E-state index in [1.54, 1.807) is 36.1 Å². The number of carboxylic acid groups (broad SMARTS) is 1. The molecular weight excluding hydrogens is 344 g/mol. The maximum absolute atomic E-state index is 12.2. The molecule has 0 aliphatic rings. The molecule has 0 heterocycles. The molecule has 6 heteroatoms. The van der Waals surface area contributed by atoms with E-state index < -0.39 is 5.97 Å². The van der Waals surface area contributed by atoms with E-state index >= 15 is 0 Å². The van der Waals surface area contributed by atoms with Crippen molar-refractivity contribution in [2.45, 2.75) is 39.8 Å². The van der Waals surface area contributed by atoms with Crippen molar-refractivity contribution in [1.82, 2.24) is 4.90 Å². The van der Waals surface area contributed by atoms with E-state index in [2.05, 4.69) is 5.32 Å². The summed E-state index contributed by atoms with van der Waals surface area (Å²) in [5.74, 6) is -1.15. The molecule has 2 N–H and O–H groups in total. The number of carbonyl (C=O) groups is 3. The Labute approximate surface area is 158 Å². The lowest BCUT2D eigenvalue weighted by Gasteiger charge is -2.25. The van der Waals surface area contributed by atoms with Crippen LogP contribution >= 0.6 is 0 Å². The Morgan fingerprint density at radius 1 is 0.963 bits per heavy atom.